The van der Waals surface area contributed by atoms with Crippen molar-refractivity contribution in [2.75, 3.05) is 20.1 Å². The van der Waals surface area contributed by atoms with Crippen molar-refractivity contribution >= 4 is 11.9 Å². The van der Waals surface area contributed by atoms with Gasteiger partial charge in [0.25, 0.3) is 5.91 Å². The first-order valence-electron chi connectivity index (χ1n) is 9.05. The first-order chi connectivity index (χ1) is 12.9. The van der Waals surface area contributed by atoms with Crippen LogP contribution in [-0.4, -0.2) is 56.8 Å². The molecule has 2 atom stereocenters. The van der Waals surface area contributed by atoms with E-state index in [2.05, 4.69) is 27.3 Å². The van der Waals surface area contributed by atoms with Crippen LogP contribution >= 0.6 is 0 Å². The van der Waals surface area contributed by atoms with Gasteiger partial charge in [-0.3, -0.25) is 14.4 Å². The summed E-state index contributed by atoms with van der Waals surface area (Å²) < 4.78 is 1.89. The molecule has 0 aromatic carbocycles. The fraction of sp³-hybridized carbons (Fsp3) is 0.474. The van der Waals surface area contributed by atoms with Gasteiger partial charge in [0.05, 0.1) is 23.0 Å². The molecule has 0 radical (unpaired) electrons. The molecule has 0 saturated carbocycles. The predicted octanol–water partition coefficient (Wildman–Crippen LogP) is 1.63. The van der Waals surface area contributed by atoms with Crippen LogP contribution in [0.4, 0.5) is 0 Å². The maximum Gasteiger partial charge on any atom is 0.337 e. The number of nitrogens with one attached hydrogen (secondary N) is 1. The molecular weight excluding hydrogens is 346 g/mol. The first kappa shape index (κ1) is 19.0. The van der Waals surface area contributed by atoms with Crippen molar-refractivity contribution in [3.8, 4) is 0 Å². The number of amides is 1. The van der Waals surface area contributed by atoms with Crippen molar-refractivity contribution in [3.63, 3.8) is 0 Å². The summed E-state index contributed by atoms with van der Waals surface area (Å²) in [7, 11) is 4.03. The maximum atomic E-state index is 12.5. The standard InChI is InChI=1S/C19H25N5O3/c1-12-14(19(26)27)6-7-15(22-12)18(25)20-11-13-5-4-10-23(2)17(13)16-8-9-21-24(16)3/h6-9,13,17H,4-5,10-11H2,1-3H3,(H,20,25)(H,26,27)/t13-,17+/m0/s1. The summed E-state index contributed by atoms with van der Waals surface area (Å²) in [6.45, 7) is 3.13. The molecule has 2 N–H and O–H groups in total. The van der Waals surface area contributed by atoms with E-state index in [1.54, 1.807) is 13.1 Å². The van der Waals surface area contributed by atoms with Gasteiger partial charge in [-0.15, -0.1) is 0 Å². The third-order valence-electron chi connectivity index (χ3n) is 5.24. The molecule has 1 saturated heterocycles. The number of likely N-dealkylation sites (tertiary alicyclic amines) is 1. The second kappa shape index (κ2) is 7.87. The number of carboxylic acids is 1. The van der Waals surface area contributed by atoms with E-state index in [9.17, 15) is 9.59 Å². The number of carboxylic acid groups (broad SMARTS) is 1. The van der Waals surface area contributed by atoms with Crippen molar-refractivity contribution in [2.45, 2.75) is 25.8 Å². The van der Waals surface area contributed by atoms with Crippen LogP contribution in [-0.2, 0) is 7.05 Å². The van der Waals surface area contributed by atoms with Crippen LogP contribution in [0.3, 0.4) is 0 Å². The Hall–Kier alpha value is -2.74. The van der Waals surface area contributed by atoms with Gasteiger partial charge in [0.1, 0.15) is 5.69 Å². The lowest BCUT2D eigenvalue weighted by Crippen LogP contribution is -2.42. The van der Waals surface area contributed by atoms with E-state index in [-0.39, 0.29) is 29.1 Å². The lowest BCUT2D eigenvalue weighted by atomic mass is 9.87. The van der Waals surface area contributed by atoms with Crippen LogP contribution in [0.1, 0.15) is 51.1 Å². The highest BCUT2D eigenvalue weighted by Gasteiger charge is 2.32. The van der Waals surface area contributed by atoms with Crippen molar-refractivity contribution < 1.29 is 14.7 Å². The van der Waals surface area contributed by atoms with E-state index in [1.807, 2.05) is 17.8 Å². The highest BCUT2D eigenvalue weighted by molar-refractivity contribution is 5.94. The average Bonchev–Trinajstić information content (AvgIpc) is 3.04. The lowest BCUT2D eigenvalue weighted by molar-refractivity contribution is 0.0694. The Labute approximate surface area is 158 Å². The van der Waals surface area contributed by atoms with Crippen molar-refractivity contribution in [3.05, 3.63) is 47.0 Å². The van der Waals surface area contributed by atoms with Crippen molar-refractivity contribution in [2.24, 2.45) is 13.0 Å². The molecule has 0 spiro atoms. The van der Waals surface area contributed by atoms with Gasteiger partial charge in [-0.1, -0.05) is 0 Å². The van der Waals surface area contributed by atoms with Crippen molar-refractivity contribution in [1.82, 2.24) is 25.0 Å². The summed E-state index contributed by atoms with van der Waals surface area (Å²) in [5.41, 5.74) is 1.81. The molecule has 2 aromatic heterocycles. The summed E-state index contributed by atoms with van der Waals surface area (Å²) in [6, 6.07) is 5.09. The fourth-order valence-corrected chi connectivity index (χ4v) is 3.84. The van der Waals surface area contributed by atoms with Gasteiger partial charge in [-0.25, -0.2) is 9.78 Å². The minimum atomic E-state index is -1.05. The molecule has 144 valence electrons. The molecule has 1 amide bonds. The number of rotatable bonds is 5. The van der Waals surface area contributed by atoms with Gasteiger partial charge < -0.3 is 10.4 Å². The van der Waals surface area contributed by atoms with E-state index >= 15 is 0 Å². The lowest BCUT2D eigenvalue weighted by Gasteiger charge is -2.39. The zero-order valence-electron chi connectivity index (χ0n) is 15.8. The summed E-state index contributed by atoms with van der Waals surface area (Å²) in [4.78, 5) is 30.0. The molecule has 2 aromatic rings. The normalized spacial score (nSPS) is 20.4. The van der Waals surface area contributed by atoms with Crippen LogP contribution in [0.25, 0.3) is 0 Å². The number of piperidine rings is 1. The Morgan fingerprint density at radius 1 is 1.30 bits per heavy atom. The quantitative estimate of drug-likeness (QED) is 0.829. The number of hydrogen-bond donors (Lipinski definition) is 2. The molecule has 3 rings (SSSR count). The molecule has 1 aliphatic heterocycles. The number of aryl methyl sites for hydroxylation is 2. The van der Waals surface area contributed by atoms with E-state index in [4.69, 9.17) is 5.11 Å². The third-order valence-corrected chi connectivity index (χ3v) is 5.24. The molecular formula is C19H25N5O3. The number of nitrogens with zero attached hydrogens (tertiary/aromatic N) is 4. The topological polar surface area (TPSA) is 100 Å². The molecule has 27 heavy (non-hydrogen) atoms. The molecule has 1 aliphatic rings. The van der Waals surface area contributed by atoms with Crippen LogP contribution in [0.15, 0.2) is 24.4 Å². The second-order valence-corrected chi connectivity index (χ2v) is 7.05. The molecule has 0 bridgehead atoms. The number of carbonyl (C=O) groups is 2. The Morgan fingerprint density at radius 3 is 2.70 bits per heavy atom. The highest BCUT2D eigenvalue weighted by atomic mass is 16.4. The summed E-state index contributed by atoms with van der Waals surface area (Å²) in [6.07, 6.45) is 3.89. The molecule has 1 fully saturated rings. The minimum Gasteiger partial charge on any atom is -0.478 e. The van der Waals surface area contributed by atoms with Crippen molar-refractivity contribution in [1.29, 1.82) is 0 Å². The highest BCUT2D eigenvalue weighted by Crippen LogP contribution is 2.34. The number of aromatic nitrogens is 3. The predicted molar refractivity (Wildman–Crippen MR) is 99.6 cm³/mol. The Kier molecular flexibility index (Phi) is 5.55. The van der Waals surface area contributed by atoms with E-state index in [1.165, 1.54) is 12.1 Å². The summed E-state index contributed by atoms with van der Waals surface area (Å²) >= 11 is 0. The number of pyridine rings is 1. The monoisotopic (exact) mass is 371 g/mol. The average molecular weight is 371 g/mol. The van der Waals surface area contributed by atoms with E-state index in [0.29, 0.717) is 12.2 Å². The summed E-state index contributed by atoms with van der Waals surface area (Å²) in [5.74, 6) is -1.06. The zero-order valence-corrected chi connectivity index (χ0v) is 15.8. The van der Waals surface area contributed by atoms with Gasteiger partial charge in [-0.2, -0.15) is 5.10 Å². The molecule has 0 unspecified atom stereocenters. The molecule has 8 nitrogen and oxygen atoms in total. The fourth-order valence-electron chi connectivity index (χ4n) is 3.84. The van der Waals surface area contributed by atoms with Gasteiger partial charge in [0.15, 0.2) is 0 Å². The number of carbonyl (C=O) groups excluding carboxylic acids is 1. The Morgan fingerprint density at radius 2 is 2.07 bits per heavy atom. The van der Waals surface area contributed by atoms with Gasteiger partial charge in [0, 0.05) is 19.8 Å². The van der Waals surface area contributed by atoms with Gasteiger partial charge >= 0.3 is 5.97 Å². The van der Waals surface area contributed by atoms with Crippen LogP contribution in [0, 0.1) is 12.8 Å². The van der Waals surface area contributed by atoms with Crippen LogP contribution in [0.5, 0.6) is 0 Å². The Bertz CT molecular complexity index is 848. The van der Waals surface area contributed by atoms with Gasteiger partial charge in [0.2, 0.25) is 0 Å². The van der Waals surface area contributed by atoms with Gasteiger partial charge in [-0.05, 0) is 57.5 Å². The maximum absolute atomic E-state index is 12.5. The first-order valence-corrected chi connectivity index (χ1v) is 9.05. The molecule has 8 heteroatoms. The Balaban J connectivity index is 1.71. The second-order valence-electron chi connectivity index (χ2n) is 7.05. The minimum absolute atomic E-state index is 0.108. The van der Waals surface area contributed by atoms with Crippen LogP contribution < -0.4 is 5.32 Å². The summed E-state index contributed by atoms with van der Waals surface area (Å²) in [5, 5.41) is 16.3. The van der Waals surface area contributed by atoms with Crippen LogP contribution in [0.2, 0.25) is 0 Å². The molecule has 0 aliphatic carbocycles. The third kappa shape index (κ3) is 4.00. The van der Waals surface area contributed by atoms with E-state index < -0.39 is 5.97 Å². The van der Waals surface area contributed by atoms with E-state index in [0.717, 1.165) is 25.1 Å². The largest absolute Gasteiger partial charge is 0.478 e. The zero-order chi connectivity index (χ0) is 19.6. The SMILES string of the molecule is Cc1nc(C(=O)NC[C@@H]2CCCN(C)[C@H]2c2ccnn2C)ccc1C(=O)O. The molecule has 3 heterocycles. The smallest absolute Gasteiger partial charge is 0.337 e. The number of hydrogen-bond acceptors (Lipinski definition) is 5. The number of aromatic carboxylic acids is 1.